The molecule has 180 valence electrons. The van der Waals surface area contributed by atoms with Crippen molar-refractivity contribution in [1.29, 1.82) is 0 Å². The Bertz CT molecular complexity index is 1120. The van der Waals surface area contributed by atoms with Crippen LogP contribution in [0.2, 0.25) is 0 Å². The molecular weight excluding hydrogens is 440 g/mol. The lowest BCUT2D eigenvalue weighted by Gasteiger charge is -2.23. The van der Waals surface area contributed by atoms with E-state index in [0.717, 1.165) is 17.7 Å². The van der Waals surface area contributed by atoms with Crippen LogP contribution in [0.3, 0.4) is 0 Å². The number of amides is 1. The maximum absolute atomic E-state index is 13.9. The Morgan fingerprint density at radius 1 is 1.09 bits per heavy atom. The van der Waals surface area contributed by atoms with Gasteiger partial charge in [-0.25, -0.2) is 8.78 Å². The number of Topliss-reactive ketones (excluding diaryl/α,β-unsaturated/α-hetero) is 1. The van der Waals surface area contributed by atoms with Gasteiger partial charge in [-0.05, 0) is 51.2 Å². The van der Waals surface area contributed by atoms with Gasteiger partial charge in [-0.1, -0.05) is 35.9 Å². The molecule has 2 aromatic carbocycles. The van der Waals surface area contributed by atoms with Crippen LogP contribution in [0, 0.1) is 11.6 Å². The fraction of sp³-hybridized carbons (Fsp3) is 0.407. The monoisotopic (exact) mass is 469 g/mol. The van der Waals surface area contributed by atoms with Crippen LogP contribution in [0.15, 0.2) is 48.0 Å². The molecule has 1 heterocycles. The lowest BCUT2D eigenvalue weighted by molar-refractivity contribution is -0.142. The fourth-order valence-corrected chi connectivity index (χ4v) is 4.16. The number of halogens is 2. The van der Waals surface area contributed by atoms with E-state index in [4.69, 9.17) is 4.74 Å². The van der Waals surface area contributed by atoms with Gasteiger partial charge >= 0.3 is 0 Å². The van der Waals surface area contributed by atoms with Crippen molar-refractivity contribution >= 4 is 11.7 Å². The Hall–Kier alpha value is -3.06. The minimum atomic E-state index is -1.17. The van der Waals surface area contributed by atoms with E-state index >= 15 is 0 Å². The highest BCUT2D eigenvalue weighted by atomic mass is 19.2. The Balaban J connectivity index is 1.43. The van der Waals surface area contributed by atoms with Crippen LogP contribution in [0.5, 0.6) is 5.75 Å². The minimum Gasteiger partial charge on any atom is -0.490 e. The number of benzene rings is 2. The summed E-state index contributed by atoms with van der Waals surface area (Å²) in [6, 6.07) is 8.89. The summed E-state index contributed by atoms with van der Waals surface area (Å²) in [5, 5.41) is 10.1. The van der Waals surface area contributed by atoms with Crippen molar-refractivity contribution in [3.8, 4) is 16.9 Å². The molecule has 1 aliphatic heterocycles. The smallest absolute Gasteiger partial charge is 0.254 e. The largest absolute Gasteiger partial charge is 0.490 e. The van der Waals surface area contributed by atoms with Gasteiger partial charge in [0.15, 0.2) is 17.4 Å². The molecule has 2 aliphatic rings. The Morgan fingerprint density at radius 3 is 2.41 bits per heavy atom. The van der Waals surface area contributed by atoms with Gasteiger partial charge in [0.2, 0.25) is 0 Å². The molecule has 1 saturated carbocycles. The second-order valence-corrected chi connectivity index (χ2v) is 9.33. The van der Waals surface area contributed by atoms with Gasteiger partial charge in [0.25, 0.3) is 5.91 Å². The first-order chi connectivity index (χ1) is 16.2. The lowest BCUT2D eigenvalue weighted by atomic mass is 9.97. The van der Waals surface area contributed by atoms with Crippen LogP contribution in [0.4, 0.5) is 8.78 Å². The van der Waals surface area contributed by atoms with Gasteiger partial charge in [0.1, 0.15) is 11.4 Å². The maximum atomic E-state index is 13.9. The maximum Gasteiger partial charge on any atom is 0.254 e. The van der Waals surface area contributed by atoms with Crippen LogP contribution >= 0.6 is 0 Å². The predicted octanol–water partition coefficient (Wildman–Crippen LogP) is 5.07. The Morgan fingerprint density at radius 2 is 1.76 bits per heavy atom. The summed E-state index contributed by atoms with van der Waals surface area (Å²) in [5.74, 6) is -1.96. The number of carbonyl (C=O) groups excluding carboxylic acids is 2. The van der Waals surface area contributed by atoms with Crippen molar-refractivity contribution in [2.75, 3.05) is 13.1 Å². The van der Waals surface area contributed by atoms with Crippen molar-refractivity contribution in [2.24, 2.45) is 0 Å². The third kappa shape index (κ3) is 5.36. The molecule has 0 aromatic heterocycles. The number of hydrogen-bond acceptors (Lipinski definition) is 4. The van der Waals surface area contributed by atoms with Crippen LogP contribution in [-0.4, -0.2) is 46.5 Å². The summed E-state index contributed by atoms with van der Waals surface area (Å²) in [4.78, 5) is 27.0. The fourth-order valence-electron chi connectivity index (χ4n) is 4.16. The average molecular weight is 470 g/mol. The summed E-state index contributed by atoms with van der Waals surface area (Å²) in [6.07, 6.45) is 4.33. The topological polar surface area (TPSA) is 66.8 Å². The quantitative estimate of drug-likeness (QED) is 0.454. The van der Waals surface area contributed by atoms with Gasteiger partial charge in [0.05, 0.1) is 6.10 Å². The van der Waals surface area contributed by atoms with E-state index in [1.165, 1.54) is 0 Å². The first-order valence-electron chi connectivity index (χ1n) is 11.7. The first kappa shape index (κ1) is 24.1. The summed E-state index contributed by atoms with van der Waals surface area (Å²) >= 11 is 0. The zero-order chi connectivity index (χ0) is 24.5. The molecule has 0 atom stereocenters. The SMILES string of the molecule is CC(C)Oc1cc(F)c(F)cc1-c1ccc(C(=O)CC2=CCCN(C(=O)C3(O)CC3)CC2)cc1. The highest BCUT2D eigenvalue weighted by molar-refractivity contribution is 5.98. The van der Waals surface area contributed by atoms with E-state index < -0.39 is 17.2 Å². The second-order valence-electron chi connectivity index (χ2n) is 9.33. The lowest BCUT2D eigenvalue weighted by Crippen LogP contribution is -2.41. The summed E-state index contributed by atoms with van der Waals surface area (Å²) in [7, 11) is 0. The highest BCUT2D eigenvalue weighted by Gasteiger charge is 2.50. The van der Waals surface area contributed by atoms with Crippen molar-refractivity contribution in [3.05, 3.63) is 65.2 Å². The molecule has 0 spiro atoms. The predicted molar refractivity (Wildman–Crippen MR) is 125 cm³/mol. The number of carbonyl (C=O) groups is 2. The van der Waals surface area contributed by atoms with E-state index in [1.807, 2.05) is 6.08 Å². The highest BCUT2D eigenvalue weighted by Crippen LogP contribution is 2.37. The van der Waals surface area contributed by atoms with E-state index in [2.05, 4.69) is 0 Å². The van der Waals surface area contributed by atoms with Crippen LogP contribution < -0.4 is 4.74 Å². The molecular formula is C27H29F2NO4. The number of ketones is 1. The molecule has 4 rings (SSSR count). The molecule has 0 unspecified atom stereocenters. The molecule has 34 heavy (non-hydrogen) atoms. The van der Waals surface area contributed by atoms with Crippen molar-refractivity contribution in [3.63, 3.8) is 0 Å². The molecule has 0 bridgehead atoms. The van der Waals surface area contributed by atoms with Crippen molar-refractivity contribution < 1.29 is 28.2 Å². The van der Waals surface area contributed by atoms with Gasteiger partial charge in [-0.2, -0.15) is 0 Å². The van der Waals surface area contributed by atoms with Gasteiger partial charge in [-0.15, -0.1) is 0 Å². The molecule has 0 radical (unpaired) electrons. The Kier molecular flexibility index (Phi) is 6.84. The number of nitrogens with zero attached hydrogens (tertiary/aromatic N) is 1. The minimum absolute atomic E-state index is 0.0534. The molecule has 1 aliphatic carbocycles. The second kappa shape index (κ2) is 9.66. The summed E-state index contributed by atoms with van der Waals surface area (Å²) in [5.41, 5.74) is 1.35. The number of ether oxygens (including phenoxy) is 1. The van der Waals surface area contributed by atoms with Crippen molar-refractivity contribution in [1.82, 2.24) is 4.90 Å². The Labute approximate surface area is 198 Å². The zero-order valence-electron chi connectivity index (χ0n) is 19.4. The number of aliphatic hydroxyl groups is 1. The van der Waals surface area contributed by atoms with Crippen molar-refractivity contribution in [2.45, 2.75) is 57.7 Å². The third-order valence-corrected chi connectivity index (χ3v) is 6.23. The molecule has 5 nitrogen and oxygen atoms in total. The van der Waals surface area contributed by atoms with Gasteiger partial charge in [0, 0.05) is 36.7 Å². The normalized spacial score (nSPS) is 17.2. The molecule has 2 aromatic rings. The van der Waals surface area contributed by atoms with Gasteiger partial charge in [-0.3, -0.25) is 9.59 Å². The molecule has 7 heteroatoms. The van der Waals surface area contributed by atoms with E-state index in [9.17, 15) is 23.5 Å². The molecule has 1 amide bonds. The molecule has 0 saturated heterocycles. The summed E-state index contributed by atoms with van der Waals surface area (Å²) < 4.78 is 33.3. The van der Waals surface area contributed by atoms with E-state index in [-0.39, 0.29) is 30.0 Å². The zero-order valence-corrected chi connectivity index (χ0v) is 19.4. The van der Waals surface area contributed by atoms with Gasteiger partial charge < -0.3 is 14.7 Å². The van der Waals surface area contributed by atoms with E-state index in [0.29, 0.717) is 55.5 Å². The molecule has 1 fully saturated rings. The number of hydrogen-bond donors (Lipinski definition) is 1. The first-order valence-corrected chi connectivity index (χ1v) is 11.7. The number of rotatable bonds is 7. The summed E-state index contributed by atoms with van der Waals surface area (Å²) in [6.45, 7) is 4.65. The van der Waals surface area contributed by atoms with Crippen LogP contribution in [0.1, 0.15) is 56.3 Å². The third-order valence-electron chi connectivity index (χ3n) is 6.23. The standard InChI is InChI=1S/C27H29F2NO4/c1-17(2)34-25-16-23(29)22(28)15-21(25)19-5-7-20(8-6-19)24(31)14-18-4-3-12-30(13-9-18)26(32)27(33)10-11-27/h4-8,15-17,33H,3,9-14H2,1-2H3. The molecule has 1 N–H and O–H groups in total. The van der Waals surface area contributed by atoms with Crippen LogP contribution in [0.25, 0.3) is 11.1 Å². The average Bonchev–Trinajstić information content (AvgIpc) is 3.59. The van der Waals surface area contributed by atoms with Crippen LogP contribution in [-0.2, 0) is 4.79 Å². The van der Waals surface area contributed by atoms with E-state index in [1.54, 1.807) is 43.0 Å².